The molecule has 2 aromatic heterocycles. The molecule has 6 aliphatic rings. The largest absolute Gasteiger partial charge is 0.508 e. The van der Waals surface area contributed by atoms with Crippen LogP contribution in [0.1, 0.15) is 73.4 Å². The lowest BCUT2D eigenvalue weighted by Crippen LogP contribution is -2.56. The van der Waals surface area contributed by atoms with Gasteiger partial charge in [0.05, 0.1) is 24.2 Å². The number of likely N-dealkylation sites (tertiary alicyclic amines) is 1. The zero-order valence-corrected chi connectivity index (χ0v) is 36.1. The number of hydrogen-bond acceptors (Lipinski definition) is 11. The number of pyridine rings is 1. The number of fused-ring (bicyclic) bond motifs is 3. The fourth-order valence-electron chi connectivity index (χ4n) is 11.1. The van der Waals surface area contributed by atoms with Gasteiger partial charge in [-0.3, -0.25) is 14.7 Å². The van der Waals surface area contributed by atoms with E-state index < -0.39 is 5.82 Å². The summed E-state index contributed by atoms with van der Waals surface area (Å²) >= 11 is 0. The van der Waals surface area contributed by atoms with Gasteiger partial charge in [-0.05, 0) is 122 Å². The van der Waals surface area contributed by atoms with Gasteiger partial charge in [0, 0.05) is 93.7 Å². The zero-order chi connectivity index (χ0) is 42.9. The number of piperazine rings is 1. The first kappa shape index (κ1) is 40.6. The smallest absolute Gasteiger partial charge is 0.319 e. The summed E-state index contributed by atoms with van der Waals surface area (Å²) in [7, 11) is 0. The maximum Gasteiger partial charge on any atom is 0.319 e. The maximum absolute atomic E-state index is 17.2. The SMILES string of the molecule is CCc1c(F)ccc2cc(O)cc(-c3ncc4c(N5CCC[C@@]6(CCO6)C5)nc(OCC5(CN6CCC(CN7CCN(c8ccc9c(c8)CNC9=O)CC7)CC6)CC5)nc4c3F)c12. The Morgan fingerprint density at radius 2 is 1.75 bits per heavy atom. The summed E-state index contributed by atoms with van der Waals surface area (Å²) < 4.78 is 45.0. The molecule has 1 spiro atoms. The molecule has 0 bridgehead atoms. The topological polar surface area (TPSA) is 119 Å². The van der Waals surface area contributed by atoms with E-state index in [2.05, 4.69) is 42.0 Å². The highest BCUT2D eigenvalue weighted by Gasteiger charge is 2.46. The summed E-state index contributed by atoms with van der Waals surface area (Å²) in [4.78, 5) is 36.2. The van der Waals surface area contributed by atoms with Crippen LogP contribution in [0.25, 0.3) is 32.9 Å². The average molecular weight is 859 g/mol. The van der Waals surface area contributed by atoms with E-state index in [0.717, 1.165) is 109 Å². The number of benzene rings is 3. The first-order chi connectivity index (χ1) is 30.7. The van der Waals surface area contributed by atoms with Crippen LogP contribution in [-0.2, 0) is 17.7 Å². The van der Waals surface area contributed by atoms with Gasteiger partial charge in [-0.2, -0.15) is 9.97 Å². The number of halogens is 2. The van der Waals surface area contributed by atoms with E-state index >= 15 is 8.78 Å². The van der Waals surface area contributed by atoms with Gasteiger partial charge in [-0.1, -0.05) is 13.0 Å². The summed E-state index contributed by atoms with van der Waals surface area (Å²) in [6.45, 7) is 13.4. The number of ether oxygens (including phenoxy) is 2. The number of amides is 1. The number of phenols is 1. The minimum absolute atomic E-state index is 0.000558. The third kappa shape index (κ3) is 7.71. The number of piperidine rings is 2. The Kier molecular flexibility index (Phi) is 10.4. The Hall–Kier alpha value is -5.18. The van der Waals surface area contributed by atoms with Crippen molar-refractivity contribution in [3.8, 4) is 23.0 Å². The molecule has 1 aliphatic carbocycles. The fraction of sp³-hybridized carbons (Fsp3) is 0.510. The standard InChI is InChI=1S/C49H56F2N8O4/c1-2-36-40(50)7-4-32-23-35(60)24-38(41(32)36)43-42(51)44-39(26-52-43)45(59-14-3-10-49(29-59)13-21-63-49)55-47(54-44)62-30-48(11-12-48)28-57-15-8-31(9-16-57)27-56-17-19-58(20-18-56)34-5-6-37-33(22-34)25-53-46(37)61/h4-7,22-24,26,31,60H,2-3,8-21,25,27-30H2,1H3,(H,53,61)/t49-/m1/s1. The molecule has 0 radical (unpaired) electrons. The van der Waals surface area contributed by atoms with E-state index in [9.17, 15) is 9.90 Å². The molecule has 3 aromatic carbocycles. The van der Waals surface area contributed by atoms with Crippen LogP contribution in [0.2, 0.25) is 0 Å². The van der Waals surface area contributed by atoms with Crippen molar-refractivity contribution < 1.29 is 28.2 Å². The second-order valence-electron chi connectivity index (χ2n) is 19.1. The highest BCUT2D eigenvalue weighted by atomic mass is 19.1. The van der Waals surface area contributed by atoms with Gasteiger partial charge in [0.2, 0.25) is 0 Å². The van der Waals surface area contributed by atoms with Crippen LogP contribution in [0.3, 0.4) is 0 Å². The Labute approximate surface area is 366 Å². The number of rotatable bonds is 11. The molecule has 7 heterocycles. The van der Waals surface area contributed by atoms with Crippen molar-refractivity contribution in [3.63, 3.8) is 0 Å². The van der Waals surface area contributed by atoms with Gasteiger partial charge in [0.25, 0.3) is 5.91 Å². The van der Waals surface area contributed by atoms with E-state index in [0.29, 0.717) is 65.1 Å². The van der Waals surface area contributed by atoms with E-state index in [1.807, 2.05) is 13.0 Å². The Morgan fingerprint density at radius 3 is 2.51 bits per heavy atom. The van der Waals surface area contributed by atoms with Crippen molar-refractivity contribution >= 4 is 39.1 Å². The number of aryl methyl sites for hydroxylation is 1. The lowest BCUT2D eigenvalue weighted by molar-refractivity contribution is -0.151. The van der Waals surface area contributed by atoms with Gasteiger partial charge < -0.3 is 34.6 Å². The monoisotopic (exact) mass is 858 g/mol. The fourth-order valence-corrected chi connectivity index (χ4v) is 11.1. The van der Waals surface area contributed by atoms with E-state index in [1.165, 1.54) is 30.7 Å². The van der Waals surface area contributed by atoms with Crippen molar-refractivity contribution in [3.05, 3.63) is 77.0 Å². The summed E-state index contributed by atoms with van der Waals surface area (Å²) in [6.07, 6.45) is 9.35. The minimum Gasteiger partial charge on any atom is -0.508 e. The molecule has 0 unspecified atom stereocenters. The molecule has 11 rings (SSSR count). The third-order valence-corrected chi connectivity index (χ3v) is 15.0. The number of carbonyl (C=O) groups excluding carboxylic acids is 1. The summed E-state index contributed by atoms with van der Waals surface area (Å²) in [5, 5.41) is 15.3. The molecule has 330 valence electrons. The lowest BCUT2D eigenvalue weighted by Gasteiger charge is -2.48. The highest BCUT2D eigenvalue weighted by Crippen LogP contribution is 2.48. The predicted octanol–water partition coefficient (Wildman–Crippen LogP) is 7.09. The van der Waals surface area contributed by atoms with Crippen LogP contribution in [0, 0.1) is 23.0 Å². The first-order valence-electron chi connectivity index (χ1n) is 23.1. The van der Waals surface area contributed by atoms with E-state index in [1.54, 1.807) is 18.3 Å². The van der Waals surface area contributed by atoms with Crippen LogP contribution in [0.15, 0.2) is 48.7 Å². The van der Waals surface area contributed by atoms with Gasteiger partial charge in [-0.15, -0.1) is 0 Å². The van der Waals surface area contributed by atoms with Gasteiger partial charge in [0.15, 0.2) is 5.82 Å². The molecule has 1 saturated carbocycles. The van der Waals surface area contributed by atoms with Crippen molar-refractivity contribution in [2.24, 2.45) is 11.3 Å². The number of aromatic nitrogens is 3. The average Bonchev–Trinajstić information content (AvgIpc) is 3.96. The van der Waals surface area contributed by atoms with Crippen molar-refractivity contribution in [1.29, 1.82) is 0 Å². The minimum atomic E-state index is -0.660. The van der Waals surface area contributed by atoms with Crippen LogP contribution in [-0.4, -0.2) is 120 Å². The van der Waals surface area contributed by atoms with Crippen molar-refractivity contribution in [2.45, 2.75) is 70.4 Å². The molecule has 5 fully saturated rings. The molecule has 4 saturated heterocycles. The number of nitrogens with zero attached hydrogens (tertiary/aromatic N) is 7. The summed E-state index contributed by atoms with van der Waals surface area (Å²) in [6, 6.07) is 12.4. The number of hydrogen-bond donors (Lipinski definition) is 2. The van der Waals surface area contributed by atoms with Gasteiger partial charge >= 0.3 is 6.01 Å². The van der Waals surface area contributed by atoms with Crippen LogP contribution < -0.4 is 19.9 Å². The predicted molar refractivity (Wildman–Crippen MR) is 239 cm³/mol. The molecule has 14 heteroatoms. The van der Waals surface area contributed by atoms with Crippen molar-refractivity contribution in [2.75, 3.05) is 88.5 Å². The second-order valence-corrected chi connectivity index (χ2v) is 19.1. The molecule has 2 N–H and O–H groups in total. The molecule has 63 heavy (non-hydrogen) atoms. The zero-order valence-electron chi connectivity index (χ0n) is 36.1. The molecule has 1 amide bonds. The number of phenolic OH excluding ortho intramolecular Hbond substituents is 1. The number of anilines is 2. The van der Waals surface area contributed by atoms with E-state index in [4.69, 9.17) is 19.4 Å². The molecular weight excluding hydrogens is 803 g/mol. The maximum atomic E-state index is 17.2. The lowest BCUT2D eigenvalue weighted by atomic mass is 9.86. The Morgan fingerprint density at radius 1 is 0.921 bits per heavy atom. The molecular formula is C49H56F2N8O4. The summed E-state index contributed by atoms with van der Waals surface area (Å²) in [5.74, 6) is 0.188. The van der Waals surface area contributed by atoms with E-state index in [-0.39, 0.29) is 45.7 Å². The Bertz CT molecular complexity index is 2590. The van der Waals surface area contributed by atoms with Gasteiger partial charge in [-0.25, -0.2) is 8.78 Å². The molecule has 1 atom stereocenters. The molecule has 5 aromatic rings. The number of nitrogens with one attached hydrogen (secondary N) is 1. The number of carbonyl (C=O) groups is 1. The normalized spacial score (nSPS) is 22.7. The molecule has 5 aliphatic heterocycles. The first-order valence-corrected chi connectivity index (χ1v) is 23.1. The van der Waals surface area contributed by atoms with Crippen LogP contribution in [0.4, 0.5) is 20.3 Å². The van der Waals surface area contributed by atoms with Crippen LogP contribution in [0.5, 0.6) is 11.8 Å². The molecule has 12 nitrogen and oxygen atoms in total. The third-order valence-electron chi connectivity index (χ3n) is 15.0. The van der Waals surface area contributed by atoms with Crippen molar-refractivity contribution in [1.82, 2.24) is 30.1 Å². The number of aromatic hydroxyl groups is 1. The quantitative estimate of drug-likeness (QED) is 0.142. The highest BCUT2D eigenvalue weighted by molar-refractivity contribution is 6.02. The Balaban J connectivity index is 0.776. The van der Waals surface area contributed by atoms with Gasteiger partial charge in [0.1, 0.15) is 28.6 Å². The second kappa shape index (κ2) is 16.1. The summed E-state index contributed by atoms with van der Waals surface area (Å²) in [5.41, 5.74) is 3.73. The van der Waals surface area contributed by atoms with Crippen LogP contribution >= 0.6 is 0 Å².